The molecule has 4 heterocycles. The Hall–Kier alpha value is -7.04. The maximum atomic E-state index is 5.52. The Morgan fingerprint density at radius 2 is 1.13 bits per heavy atom. The van der Waals surface area contributed by atoms with E-state index < -0.39 is 0 Å². The van der Waals surface area contributed by atoms with Gasteiger partial charge in [0.2, 0.25) is 5.95 Å². The SMILES string of the molecule is CC1(C)c2ccccc2-c2c1ccc1c3cccc4c5cccc6c5c5c(cccc5n(c21)c43)n6-c1nc(-c2ccccc2)c2c(ccc3ccccc32)n1. The highest BCUT2D eigenvalue weighted by molar-refractivity contribution is 6.32. The minimum absolute atomic E-state index is 0.106. The lowest BCUT2D eigenvalue weighted by Crippen LogP contribution is -2.14. The van der Waals surface area contributed by atoms with E-state index in [1.54, 1.807) is 0 Å². The van der Waals surface area contributed by atoms with E-state index in [0.29, 0.717) is 5.95 Å². The van der Waals surface area contributed by atoms with Gasteiger partial charge in [-0.25, -0.2) is 9.97 Å². The van der Waals surface area contributed by atoms with E-state index in [-0.39, 0.29) is 5.41 Å². The van der Waals surface area contributed by atoms with Crippen molar-refractivity contribution in [3.8, 4) is 28.3 Å². The molecule has 0 fully saturated rings. The summed E-state index contributed by atoms with van der Waals surface area (Å²) >= 11 is 0. The van der Waals surface area contributed by atoms with E-state index >= 15 is 0 Å². The summed E-state index contributed by atoms with van der Waals surface area (Å²) in [4.78, 5) is 10.9. The summed E-state index contributed by atoms with van der Waals surface area (Å²) in [7, 11) is 0. The molecule has 256 valence electrons. The largest absolute Gasteiger partial charge is 0.307 e. The van der Waals surface area contributed by atoms with Gasteiger partial charge >= 0.3 is 0 Å². The van der Waals surface area contributed by atoms with Gasteiger partial charge in [0.05, 0.1) is 38.8 Å². The zero-order valence-electron chi connectivity index (χ0n) is 30.3. The van der Waals surface area contributed by atoms with Crippen LogP contribution >= 0.6 is 0 Å². The first-order chi connectivity index (χ1) is 27.1. The molecule has 1 aliphatic rings. The van der Waals surface area contributed by atoms with Crippen molar-refractivity contribution in [2.24, 2.45) is 0 Å². The number of fused-ring (bicyclic) bond motifs is 12. The van der Waals surface area contributed by atoms with E-state index in [1.807, 2.05) is 0 Å². The molecule has 4 nitrogen and oxygen atoms in total. The Morgan fingerprint density at radius 1 is 0.455 bits per heavy atom. The van der Waals surface area contributed by atoms with Crippen molar-refractivity contribution in [1.82, 2.24) is 18.9 Å². The van der Waals surface area contributed by atoms with Crippen molar-refractivity contribution < 1.29 is 0 Å². The molecule has 0 unspecified atom stereocenters. The average molecular weight is 701 g/mol. The van der Waals surface area contributed by atoms with Crippen LogP contribution in [-0.4, -0.2) is 18.9 Å². The summed E-state index contributed by atoms with van der Waals surface area (Å²) in [6, 6.07) is 57.6. The highest BCUT2D eigenvalue weighted by Crippen LogP contribution is 2.53. The number of para-hydroxylation sites is 1. The van der Waals surface area contributed by atoms with Crippen LogP contribution in [0.2, 0.25) is 0 Å². The van der Waals surface area contributed by atoms with Crippen molar-refractivity contribution in [1.29, 1.82) is 0 Å². The van der Waals surface area contributed by atoms with Crippen molar-refractivity contribution in [2.75, 3.05) is 0 Å². The predicted molar refractivity (Wildman–Crippen MR) is 229 cm³/mol. The molecule has 0 radical (unpaired) electrons. The number of hydrogen-bond acceptors (Lipinski definition) is 2. The first-order valence-corrected chi connectivity index (χ1v) is 19.1. The smallest absolute Gasteiger partial charge is 0.235 e. The molecule has 0 aliphatic heterocycles. The second-order valence-corrected chi connectivity index (χ2v) is 15.7. The van der Waals surface area contributed by atoms with Crippen LogP contribution in [-0.2, 0) is 5.41 Å². The Bertz CT molecular complexity index is 3620. The zero-order chi connectivity index (χ0) is 36.2. The first kappa shape index (κ1) is 29.4. The minimum atomic E-state index is -0.106. The van der Waals surface area contributed by atoms with Gasteiger partial charge < -0.3 is 4.40 Å². The van der Waals surface area contributed by atoms with E-state index in [4.69, 9.17) is 9.97 Å². The van der Waals surface area contributed by atoms with Crippen LogP contribution in [0.5, 0.6) is 0 Å². The van der Waals surface area contributed by atoms with Crippen LogP contribution in [0.4, 0.5) is 0 Å². The summed E-state index contributed by atoms with van der Waals surface area (Å²) < 4.78 is 4.89. The maximum absolute atomic E-state index is 5.52. The number of benzene rings is 8. The molecule has 8 aromatic carbocycles. The number of aromatic nitrogens is 4. The van der Waals surface area contributed by atoms with Crippen molar-refractivity contribution in [3.05, 3.63) is 169 Å². The van der Waals surface area contributed by atoms with Crippen LogP contribution in [0.3, 0.4) is 0 Å². The molecule has 0 atom stereocenters. The van der Waals surface area contributed by atoms with Gasteiger partial charge in [-0.15, -0.1) is 0 Å². The molecule has 0 saturated heterocycles. The highest BCUT2D eigenvalue weighted by Gasteiger charge is 2.37. The fraction of sp³-hybridized carbons (Fsp3) is 0.0588. The molecule has 1 aliphatic carbocycles. The minimum Gasteiger partial charge on any atom is -0.307 e. The second-order valence-electron chi connectivity index (χ2n) is 15.7. The highest BCUT2D eigenvalue weighted by atomic mass is 15.2. The monoisotopic (exact) mass is 700 g/mol. The van der Waals surface area contributed by atoms with Crippen molar-refractivity contribution in [2.45, 2.75) is 19.3 Å². The van der Waals surface area contributed by atoms with Gasteiger partial charge in [0.25, 0.3) is 0 Å². The van der Waals surface area contributed by atoms with Gasteiger partial charge in [-0.1, -0.05) is 147 Å². The normalized spacial score (nSPS) is 13.8. The number of hydrogen-bond donors (Lipinski definition) is 0. The number of nitrogens with zero attached hydrogens (tertiary/aromatic N) is 4. The van der Waals surface area contributed by atoms with Gasteiger partial charge in [0.1, 0.15) is 0 Å². The van der Waals surface area contributed by atoms with Crippen LogP contribution in [0.25, 0.3) is 110 Å². The topological polar surface area (TPSA) is 35.1 Å². The lowest BCUT2D eigenvalue weighted by molar-refractivity contribution is 0.661. The van der Waals surface area contributed by atoms with E-state index in [0.717, 1.165) is 38.6 Å². The molecule has 4 heteroatoms. The molecular formula is C51H32N4. The fourth-order valence-electron chi connectivity index (χ4n) is 10.3. The lowest BCUT2D eigenvalue weighted by atomic mass is 9.82. The second kappa shape index (κ2) is 10.1. The Labute approximate surface area is 315 Å². The molecule has 0 saturated carbocycles. The van der Waals surface area contributed by atoms with Crippen LogP contribution < -0.4 is 0 Å². The Kier molecular flexibility index (Phi) is 5.42. The lowest BCUT2D eigenvalue weighted by Gasteiger charge is -2.21. The van der Waals surface area contributed by atoms with Gasteiger partial charge in [-0.05, 0) is 57.1 Å². The van der Waals surface area contributed by atoms with Crippen molar-refractivity contribution in [3.63, 3.8) is 0 Å². The molecule has 13 rings (SSSR count). The molecule has 0 spiro atoms. The third kappa shape index (κ3) is 3.57. The molecule has 4 aromatic heterocycles. The summed E-state index contributed by atoms with van der Waals surface area (Å²) in [5.41, 5.74) is 14.2. The van der Waals surface area contributed by atoms with Gasteiger partial charge in [0.15, 0.2) is 0 Å². The quantitative estimate of drug-likeness (QED) is 0.168. The van der Waals surface area contributed by atoms with E-state index in [2.05, 4.69) is 181 Å². The van der Waals surface area contributed by atoms with Gasteiger partial charge in [-0.3, -0.25) is 4.57 Å². The molecule has 0 bridgehead atoms. The first-order valence-electron chi connectivity index (χ1n) is 19.1. The van der Waals surface area contributed by atoms with Gasteiger partial charge in [-0.2, -0.15) is 0 Å². The molecule has 0 amide bonds. The fourth-order valence-corrected chi connectivity index (χ4v) is 10.3. The summed E-state index contributed by atoms with van der Waals surface area (Å²) in [6.45, 7) is 4.74. The third-order valence-corrected chi connectivity index (χ3v) is 12.6. The predicted octanol–water partition coefficient (Wildman–Crippen LogP) is 13.0. The summed E-state index contributed by atoms with van der Waals surface area (Å²) in [5, 5.41) is 10.9. The zero-order valence-corrected chi connectivity index (χ0v) is 30.3. The molecule has 55 heavy (non-hydrogen) atoms. The average Bonchev–Trinajstić information content (AvgIpc) is 3.80. The van der Waals surface area contributed by atoms with Crippen LogP contribution in [0.15, 0.2) is 158 Å². The van der Waals surface area contributed by atoms with Gasteiger partial charge in [0, 0.05) is 48.9 Å². The summed E-state index contributed by atoms with van der Waals surface area (Å²) in [5.74, 6) is 0.670. The number of rotatable bonds is 2. The molecule has 12 aromatic rings. The summed E-state index contributed by atoms with van der Waals surface area (Å²) in [6.07, 6.45) is 0. The maximum Gasteiger partial charge on any atom is 0.235 e. The van der Waals surface area contributed by atoms with Crippen LogP contribution in [0.1, 0.15) is 25.0 Å². The van der Waals surface area contributed by atoms with E-state index in [9.17, 15) is 0 Å². The van der Waals surface area contributed by atoms with E-state index in [1.165, 1.54) is 76.5 Å². The van der Waals surface area contributed by atoms with Crippen molar-refractivity contribution >= 4 is 81.6 Å². The molecular weight excluding hydrogens is 669 g/mol. The third-order valence-electron chi connectivity index (χ3n) is 12.6. The van der Waals surface area contributed by atoms with Crippen LogP contribution in [0, 0.1) is 0 Å². The Balaban J connectivity index is 1.24. The Morgan fingerprint density at radius 3 is 2.02 bits per heavy atom. The standard InChI is InChI=1S/C51H32N4/c1-51(2)37-21-9-8-17-36(37)43-38(51)27-26-35-34-20-10-19-33-32-18-11-22-40-45(32)46-41(23-12-24-42(46)55(48(33)34)49(35)43)54(40)50-52-39-28-25-29-13-6-7-16-31(29)44(39)47(53-50)30-14-4-3-5-15-30/h3-28H,1-2H3. The molecule has 0 N–H and O–H groups in total.